The monoisotopic (exact) mass is 421 g/mol. The number of hydrogen-bond donors (Lipinski definition) is 1. The number of benzene rings is 2. The number of para-hydroxylation sites is 2. The number of H-pyrrole nitrogens is 1. The molecule has 0 atom stereocenters. The van der Waals surface area contributed by atoms with Gasteiger partial charge in [0.15, 0.2) is 11.0 Å². The minimum absolute atomic E-state index is 0.132. The Morgan fingerprint density at radius 1 is 1.10 bits per heavy atom. The van der Waals surface area contributed by atoms with E-state index in [2.05, 4.69) is 40.1 Å². The zero-order valence-electron chi connectivity index (χ0n) is 17.1. The molecular formula is C22H23N5O2S. The van der Waals surface area contributed by atoms with Crippen molar-refractivity contribution in [2.24, 2.45) is 7.05 Å². The molecule has 0 radical (unpaired) electrons. The van der Waals surface area contributed by atoms with E-state index in [1.807, 2.05) is 48.0 Å². The second-order valence-corrected chi connectivity index (χ2v) is 8.20. The van der Waals surface area contributed by atoms with E-state index in [4.69, 9.17) is 4.74 Å². The molecule has 0 aliphatic carbocycles. The molecule has 30 heavy (non-hydrogen) atoms. The summed E-state index contributed by atoms with van der Waals surface area (Å²) in [7, 11) is 1.91. The van der Waals surface area contributed by atoms with Crippen LogP contribution >= 0.6 is 11.8 Å². The number of fused-ring (bicyclic) bond motifs is 1. The standard InChI is InChI=1S/C22H23N5O2S/c1-14(2)15-8-5-7-11-18(15)29-12-20-25-26-22(27(20)3)30-13-19-23-17-10-6-4-9-16(17)21(28)24-19/h4-11,14H,12-13H2,1-3H3,(H,23,24,28). The van der Waals surface area contributed by atoms with E-state index in [9.17, 15) is 4.79 Å². The largest absolute Gasteiger partial charge is 0.485 e. The second-order valence-electron chi connectivity index (χ2n) is 7.26. The number of ether oxygens (including phenoxy) is 1. The average Bonchev–Trinajstić information content (AvgIpc) is 3.10. The van der Waals surface area contributed by atoms with Crippen LogP contribution < -0.4 is 10.3 Å². The van der Waals surface area contributed by atoms with Crippen LogP contribution in [0.3, 0.4) is 0 Å². The summed E-state index contributed by atoms with van der Waals surface area (Å²) >= 11 is 1.47. The van der Waals surface area contributed by atoms with Crippen LogP contribution in [0.5, 0.6) is 5.75 Å². The minimum Gasteiger partial charge on any atom is -0.485 e. The van der Waals surface area contributed by atoms with Gasteiger partial charge in [0.1, 0.15) is 18.2 Å². The second kappa shape index (κ2) is 8.71. The molecule has 2 aromatic heterocycles. The fourth-order valence-corrected chi connectivity index (χ4v) is 3.96. The van der Waals surface area contributed by atoms with Crippen LogP contribution in [0.1, 0.15) is 37.0 Å². The number of aromatic nitrogens is 5. The molecule has 0 unspecified atom stereocenters. The minimum atomic E-state index is -0.132. The molecule has 0 aliphatic heterocycles. The van der Waals surface area contributed by atoms with E-state index in [1.54, 1.807) is 6.07 Å². The van der Waals surface area contributed by atoms with Gasteiger partial charge in [0.2, 0.25) is 0 Å². The molecule has 2 aromatic carbocycles. The van der Waals surface area contributed by atoms with Crippen molar-refractivity contribution in [3.05, 3.63) is 76.1 Å². The zero-order valence-corrected chi connectivity index (χ0v) is 17.9. The molecule has 0 fully saturated rings. The fourth-order valence-electron chi connectivity index (χ4n) is 3.16. The van der Waals surface area contributed by atoms with Crippen LogP contribution in [0.2, 0.25) is 0 Å². The van der Waals surface area contributed by atoms with Crippen molar-refractivity contribution in [2.45, 2.75) is 37.3 Å². The smallest absolute Gasteiger partial charge is 0.258 e. The van der Waals surface area contributed by atoms with E-state index < -0.39 is 0 Å². The van der Waals surface area contributed by atoms with Crippen LogP contribution in [-0.2, 0) is 19.4 Å². The van der Waals surface area contributed by atoms with Gasteiger partial charge in [0.05, 0.1) is 16.7 Å². The Balaban J connectivity index is 1.45. The zero-order chi connectivity index (χ0) is 21.1. The van der Waals surface area contributed by atoms with Gasteiger partial charge < -0.3 is 14.3 Å². The first-order chi connectivity index (χ1) is 14.5. The van der Waals surface area contributed by atoms with Crippen molar-refractivity contribution in [1.29, 1.82) is 0 Å². The quantitative estimate of drug-likeness (QED) is 0.453. The van der Waals surface area contributed by atoms with E-state index >= 15 is 0 Å². The van der Waals surface area contributed by atoms with Crippen molar-refractivity contribution in [1.82, 2.24) is 24.7 Å². The molecule has 0 spiro atoms. The number of nitrogens with one attached hydrogen (secondary N) is 1. The van der Waals surface area contributed by atoms with Crippen LogP contribution in [0.15, 0.2) is 58.5 Å². The highest BCUT2D eigenvalue weighted by atomic mass is 32.2. The Morgan fingerprint density at radius 3 is 2.70 bits per heavy atom. The highest BCUT2D eigenvalue weighted by Gasteiger charge is 2.13. The average molecular weight is 422 g/mol. The summed E-state index contributed by atoms with van der Waals surface area (Å²) in [6.45, 7) is 4.62. The van der Waals surface area contributed by atoms with Gasteiger partial charge in [-0.2, -0.15) is 0 Å². The van der Waals surface area contributed by atoms with Crippen LogP contribution in [0, 0.1) is 0 Å². The summed E-state index contributed by atoms with van der Waals surface area (Å²) in [4.78, 5) is 19.6. The molecule has 4 aromatic rings. The summed E-state index contributed by atoms with van der Waals surface area (Å²) in [5.41, 5.74) is 1.72. The lowest BCUT2D eigenvalue weighted by Gasteiger charge is -2.13. The first kappa shape index (κ1) is 20.2. The van der Waals surface area contributed by atoms with Crippen molar-refractivity contribution in [3.63, 3.8) is 0 Å². The highest BCUT2D eigenvalue weighted by molar-refractivity contribution is 7.98. The molecule has 0 saturated heterocycles. The Kier molecular flexibility index (Phi) is 5.85. The third kappa shape index (κ3) is 4.23. The van der Waals surface area contributed by atoms with E-state index in [0.717, 1.165) is 16.7 Å². The molecule has 8 heteroatoms. The molecule has 0 bridgehead atoms. The third-order valence-corrected chi connectivity index (χ3v) is 5.85. The van der Waals surface area contributed by atoms with Gasteiger partial charge in [-0.15, -0.1) is 10.2 Å². The van der Waals surface area contributed by atoms with Gasteiger partial charge in [-0.3, -0.25) is 4.79 Å². The maximum absolute atomic E-state index is 12.2. The summed E-state index contributed by atoms with van der Waals surface area (Å²) in [5, 5.41) is 9.85. The number of hydrogen-bond acceptors (Lipinski definition) is 6. The third-order valence-electron chi connectivity index (χ3n) is 4.82. The maximum Gasteiger partial charge on any atom is 0.258 e. The van der Waals surface area contributed by atoms with E-state index in [-0.39, 0.29) is 5.56 Å². The Bertz CT molecular complexity index is 1230. The lowest BCUT2D eigenvalue weighted by molar-refractivity contribution is 0.286. The van der Waals surface area contributed by atoms with Crippen LogP contribution in [-0.4, -0.2) is 24.7 Å². The van der Waals surface area contributed by atoms with Crippen molar-refractivity contribution < 1.29 is 4.74 Å². The molecule has 0 saturated carbocycles. The summed E-state index contributed by atoms with van der Waals surface area (Å²) in [6, 6.07) is 15.4. The summed E-state index contributed by atoms with van der Waals surface area (Å²) in [5.74, 6) is 3.07. The Hall–Kier alpha value is -3.13. The van der Waals surface area contributed by atoms with Gasteiger partial charge in [0, 0.05) is 7.05 Å². The molecular weight excluding hydrogens is 398 g/mol. The van der Waals surface area contributed by atoms with Crippen molar-refractivity contribution in [3.8, 4) is 5.75 Å². The normalized spacial score (nSPS) is 11.3. The predicted molar refractivity (Wildman–Crippen MR) is 118 cm³/mol. The molecule has 154 valence electrons. The molecule has 0 amide bonds. The lowest BCUT2D eigenvalue weighted by atomic mass is 10.0. The number of thioether (sulfide) groups is 1. The number of nitrogens with zero attached hydrogens (tertiary/aromatic N) is 4. The van der Waals surface area contributed by atoms with Crippen LogP contribution in [0.25, 0.3) is 10.9 Å². The van der Waals surface area contributed by atoms with Gasteiger partial charge in [-0.25, -0.2) is 4.98 Å². The molecule has 1 N–H and O–H groups in total. The van der Waals surface area contributed by atoms with E-state index in [0.29, 0.717) is 35.0 Å². The van der Waals surface area contributed by atoms with E-state index in [1.165, 1.54) is 17.3 Å². The summed E-state index contributed by atoms with van der Waals surface area (Å²) < 4.78 is 7.92. The van der Waals surface area contributed by atoms with Crippen LogP contribution in [0.4, 0.5) is 0 Å². The Morgan fingerprint density at radius 2 is 1.87 bits per heavy atom. The van der Waals surface area contributed by atoms with Crippen molar-refractivity contribution in [2.75, 3.05) is 0 Å². The lowest BCUT2D eigenvalue weighted by Crippen LogP contribution is -2.11. The topological polar surface area (TPSA) is 85.7 Å². The number of rotatable bonds is 7. The molecule has 7 nitrogen and oxygen atoms in total. The first-order valence-electron chi connectivity index (χ1n) is 9.73. The SMILES string of the molecule is CC(C)c1ccccc1OCc1nnc(SCc2nc3ccccc3c(=O)[nH]2)n1C. The van der Waals surface area contributed by atoms with Gasteiger partial charge >= 0.3 is 0 Å². The van der Waals surface area contributed by atoms with Gasteiger partial charge in [-0.1, -0.05) is 55.9 Å². The molecule has 4 rings (SSSR count). The van der Waals surface area contributed by atoms with Crippen molar-refractivity contribution >= 4 is 22.7 Å². The fraction of sp³-hybridized carbons (Fsp3) is 0.273. The number of aromatic amines is 1. The molecule has 2 heterocycles. The van der Waals surface area contributed by atoms with Gasteiger partial charge in [-0.05, 0) is 29.7 Å². The molecule has 0 aliphatic rings. The summed E-state index contributed by atoms with van der Waals surface area (Å²) in [6.07, 6.45) is 0. The highest BCUT2D eigenvalue weighted by Crippen LogP contribution is 2.27. The Labute approximate surface area is 178 Å². The first-order valence-corrected chi connectivity index (χ1v) is 10.7. The van der Waals surface area contributed by atoms with Gasteiger partial charge in [0.25, 0.3) is 5.56 Å². The maximum atomic E-state index is 12.2. The predicted octanol–water partition coefficient (Wildman–Crippen LogP) is 4.05.